The Morgan fingerprint density at radius 1 is 1.00 bits per heavy atom. The smallest absolute Gasteiger partial charge is 0.273 e. The van der Waals surface area contributed by atoms with Crippen LogP contribution in [0.5, 0.6) is 5.75 Å². The van der Waals surface area contributed by atoms with Crippen LogP contribution < -0.4 is 10.1 Å². The number of anilines is 1. The normalized spacial score (nSPS) is 10.8. The van der Waals surface area contributed by atoms with Crippen LogP contribution in [0.4, 0.5) is 5.69 Å². The first-order chi connectivity index (χ1) is 15.6. The Kier molecular flexibility index (Phi) is 6.17. The van der Waals surface area contributed by atoms with Crippen molar-refractivity contribution in [1.82, 2.24) is 15.2 Å². The van der Waals surface area contributed by atoms with Gasteiger partial charge in [-0.3, -0.25) is 19.7 Å². The number of aromatic amines is 1. The van der Waals surface area contributed by atoms with Crippen LogP contribution in [0.1, 0.15) is 26.4 Å². The largest absolute Gasteiger partial charge is 0.497 e. The van der Waals surface area contributed by atoms with E-state index >= 15 is 0 Å². The molecule has 7 nitrogen and oxygen atoms in total. The van der Waals surface area contributed by atoms with Crippen molar-refractivity contribution in [2.75, 3.05) is 12.4 Å². The zero-order valence-corrected chi connectivity index (χ0v) is 17.3. The fraction of sp³-hybridized carbons (Fsp3) is 0.0400. The van der Waals surface area contributed by atoms with Gasteiger partial charge >= 0.3 is 0 Å². The molecule has 2 aromatic heterocycles. The molecule has 2 aromatic carbocycles. The predicted molar refractivity (Wildman–Crippen MR) is 123 cm³/mol. The Morgan fingerprint density at radius 2 is 1.78 bits per heavy atom. The lowest BCUT2D eigenvalue weighted by atomic mass is 10.1. The van der Waals surface area contributed by atoms with Gasteiger partial charge in [-0.25, -0.2) is 0 Å². The maximum atomic E-state index is 12.6. The van der Waals surface area contributed by atoms with E-state index in [0.29, 0.717) is 22.6 Å². The van der Waals surface area contributed by atoms with Gasteiger partial charge in [0.05, 0.1) is 12.8 Å². The van der Waals surface area contributed by atoms with E-state index in [-0.39, 0.29) is 11.7 Å². The number of H-pyrrole nitrogens is 1. The predicted octanol–water partition coefficient (Wildman–Crippen LogP) is 4.63. The third-order valence-electron chi connectivity index (χ3n) is 4.75. The van der Waals surface area contributed by atoms with Crippen molar-refractivity contribution in [3.05, 3.63) is 102 Å². The number of amides is 1. The molecule has 0 aliphatic carbocycles. The van der Waals surface area contributed by atoms with E-state index in [2.05, 4.69) is 20.5 Å². The molecule has 0 fully saturated rings. The first-order valence-corrected chi connectivity index (χ1v) is 9.86. The minimum Gasteiger partial charge on any atom is -0.497 e. The molecule has 158 valence electrons. The molecule has 0 saturated carbocycles. The lowest BCUT2D eigenvalue weighted by molar-refractivity contribution is 0.101. The van der Waals surface area contributed by atoms with Crippen molar-refractivity contribution >= 4 is 23.5 Å². The molecule has 32 heavy (non-hydrogen) atoms. The van der Waals surface area contributed by atoms with E-state index in [1.807, 2.05) is 36.4 Å². The first kappa shape index (κ1) is 20.7. The van der Waals surface area contributed by atoms with E-state index < -0.39 is 0 Å². The summed E-state index contributed by atoms with van der Waals surface area (Å²) in [6.45, 7) is 0. The fourth-order valence-electron chi connectivity index (χ4n) is 3.04. The van der Waals surface area contributed by atoms with Crippen LogP contribution in [0, 0.1) is 0 Å². The van der Waals surface area contributed by atoms with Gasteiger partial charge in [0.25, 0.3) is 5.91 Å². The van der Waals surface area contributed by atoms with Crippen LogP contribution in [0.3, 0.4) is 0 Å². The second-order valence-electron chi connectivity index (χ2n) is 6.91. The summed E-state index contributed by atoms with van der Waals surface area (Å²) < 4.78 is 5.13. The number of pyridine rings is 1. The second kappa shape index (κ2) is 9.53. The van der Waals surface area contributed by atoms with E-state index in [1.165, 1.54) is 6.08 Å². The number of hydrogen-bond acceptors (Lipinski definition) is 5. The molecule has 0 aliphatic heterocycles. The maximum absolute atomic E-state index is 12.6. The number of ketones is 1. The van der Waals surface area contributed by atoms with Gasteiger partial charge in [0.1, 0.15) is 11.4 Å². The maximum Gasteiger partial charge on any atom is 0.273 e. The Bertz CT molecular complexity index is 1260. The van der Waals surface area contributed by atoms with E-state index in [9.17, 15) is 9.59 Å². The quantitative estimate of drug-likeness (QED) is 0.333. The summed E-state index contributed by atoms with van der Waals surface area (Å²) in [6, 6.07) is 19.5. The number of carbonyl (C=O) groups excluding carboxylic acids is 2. The Hall–Kier alpha value is -4.52. The summed E-state index contributed by atoms with van der Waals surface area (Å²) in [5.74, 6) is 0.233. The summed E-state index contributed by atoms with van der Waals surface area (Å²) >= 11 is 0. The number of hydrogen-bond donors (Lipinski definition) is 2. The van der Waals surface area contributed by atoms with Crippen LogP contribution in [0.15, 0.2) is 85.2 Å². The minimum atomic E-state index is -0.351. The van der Waals surface area contributed by atoms with Crippen molar-refractivity contribution in [3.8, 4) is 17.0 Å². The average Bonchev–Trinajstić information content (AvgIpc) is 3.34. The lowest BCUT2D eigenvalue weighted by Crippen LogP contribution is -2.12. The fourth-order valence-corrected chi connectivity index (χ4v) is 3.04. The SMILES string of the molecule is COc1ccc(/C=C/C(=O)c2cccc(NC(=O)c3cc(-c4ccncc4)n[nH]3)c2)cc1. The Balaban J connectivity index is 1.43. The summed E-state index contributed by atoms with van der Waals surface area (Å²) in [7, 11) is 1.60. The molecule has 4 rings (SSSR count). The van der Waals surface area contributed by atoms with Crippen molar-refractivity contribution in [2.45, 2.75) is 0 Å². The molecule has 2 heterocycles. The third kappa shape index (κ3) is 4.96. The molecule has 2 N–H and O–H groups in total. The topological polar surface area (TPSA) is 97.0 Å². The van der Waals surface area contributed by atoms with Gasteiger partial charge < -0.3 is 10.1 Å². The van der Waals surface area contributed by atoms with Crippen molar-refractivity contribution in [1.29, 1.82) is 0 Å². The third-order valence-corrected chi connectivity index (χ3v) is 4.75. The highest BCUT2D eigenvalue weighted by molar-refractivity contribution is 6.08. The van der Waals surface area contributed by atoms with E-state index in [0.717, 1.165) is 16.9 Å². The highest BCUT2D eigenvalue weighted by atomic mass is 16.5. The molecule has 0 aliphatic rings. The van der Waals surface area contributed by atoms with Crippen LogP contribution in [-0.2, 0) is 0 Å². The Labute approximate surface area is 184 Å². The number of methoxy groups -OCH3 is 1. The van der Waals surface area contributed by atoms with Gasteiger partial charge in [-0.05, 0) is 54.1 Å². The zero-order valence-electron chi connectivity index (χ0n) is 17.3. The number of ether oxygens (including phenoxy) is 1. The van der Waals surface area contributed by atoms with Crippen molar-refractivity contribution < 1.29 is 14.3 Å². The number of benzene rings is 2. The number of carbonyl (C=O) groups is 2. The molecule has 0 radical (unpaired) electrons. The monoisotopic (exact) mass is 424 g/mol. The molecule has 1 amide bonds. The molecule has 0 saturated heterocycles. The van der Waals surface area contributed by atoms with Crippen molar-refractivity contribution in [3.63, 3.8) is 0 Å². The molecule has 0 atom stereocenters. The number of allylic oxidation sites excluding steroid dienone is 1. The highest BCUT2D eigenvalue weighted by Gasteiger charge is 2.12. The molecule has 0 unspecified atom stereocenters. The summed E-state index contributed by atoms with van der Waals surface area (Å²) in [5, 5.41) is 9.70. The van der Waals surface area contributed by atoms with Crippen LogP contribution >= 0.6 is 0 Å². The zero-order chi connectivity index (χ0) is 22.3. The van der Waals surface area contributed by atoms with Crippen LogP contribution in [0.25, 0.3) is 17.3 Å². The van der Waals surface area contributed by atoms with Crippen molar-refractivity contribution in [2.24, 2.45) is 0 Å². The summed E-state index contributed by atoms with van der Waals surface area (Å²) in [5.41, 5.74) is 3.67. The number of rotatable bonds is 7. The minimum absolute atomic E-state index is 0.168. The molecule has 0 bridgehead atoms. The van der Waals surface area contributed by atoms with E-state index in [4.69, 9.17) is 4.74 Å². The van der Waals surface area contributed by atoms with Gasteiger partial charge in [0.2, 0.25) is 0 Å². The highest BCUT2D eigenvalue weighted by Crippen LogP contribution is 2.18. The van der Waals surface area contributed by atoms with Gasteiger partial charge in [-0.15, -0.1) is 0 Å². The lowest BCUT2D eigenvalue weighted by Gasteiger charge is -2.05. The van der Waals surface area contributed by atoms with Gasteiger partial charge in [-0.2, -0.15) is 5.10 Å². The molecule has 4 aromatic rings. The van der Waals surface area contributed by atoms with Gasteiger partial charge in [0.15, 0.2) is 5.78 Å². The molecule has 0 spiro atoms. The first-order valence-electron chi connectivity index (χ1n) is 9.86. The summed E-state index contributed by atoms with van der Waals surface area (Å²) in [6.07, 6.45) is 6.56. The number of aromatic nitrogens is 3. The van der Waals surface area contributed by atoms with Gasteiger partial charge in [0, 0.05) is 29.2 Å². The Morgan fingerprint density at radius 3 is 2.53 bits per heavy atom. The number of nitrogens with one attached hydrogen (secondary N) is 2. The second-order valence-corrected chi connectivity index (χ2v) is 6.91. The standard InChI is InChI=1S/C25H20N4O3/c1-32-21-8-5-17(6-9-21)7-10-24(30)19-3-2-4-20(15-19)27-25(31)23-16-22(28-29-23)18-11-13-26-14-12-18/h2-16H,1H3,(H,27,31)(H,28,29)/b10-7+. The number of nitrogens with zero attached hydrogens (tertiary/aromatic N) is 2. The molecular weight excluding hydrogens is 404 g/mol. The average molecular weight is 424 g/mol. The molecule has 7 heteroatoms. The summed E-state index contributed by atoms with van der Waals surface area (Å²) in [4.78, 5) is 29.1. The van der Waals surface area contributed by atoms with E-state index in [1.54, 1.807) is 55.9 Å². The van der Waals surface area contributed by atoms with Gasteiger partial charge in [-0.1, -0.05) is 30.3 Å². The van der Waals surface area contributed by atoms with Crippen LogP contribution in [0.2, 0.25) is 0 Å². The van der Waals surface area contributed by atoms with Crippen LogP contribution in [-0.4, -0.2) is 34.0 Å². The molecular formula is C25H20N4O3.